The van der Waals surface area contributed by atoms with Gasteiger partial charge in [0.15, 0.2) is 0 Å². The van der Waals surface area contributed by atoms with Gasteiger partial charge in [-0.25, -0.2) is 0 Å². The number of amides is 1. The van der Waals surface area contributed by atoms with Gasteiger partial charge in [0.25, 0.3) is 0 Å². The highest BCUT2D eigenvalue weighted by molar-refractivity contribution is 9.09. The number of hydrogen-bond acceptors (Lipinski definition) is 2. The standard InChI is InChI=1S/C10H21BrN2O/c1-3-13(4-2)8-6-5-7-12-10(14)9-11/h3-9H2,1-2H3,(H,12,14). The van der Waals surface area contributed by atoms with E-state index in [-0.39, 0.29) is 5.91 Å². The van der Waals surface area contributed by atoms with Gasteiger partial charge in [0.05, 0.1) is 5.33 Å². The molecule has 0 aromatic rings. The molecule has 0 saturated heterocycles. The predicted molar refractivity (Wildman–Crippen MR) is 63.8 cm³/mol. The maximum Gasteiger partial charge on any atom is 0.230 e. The third kappa shape index (κ3) is 7.33. The van der Waals surface area contributed by atoms with Gasteiger partial charge in [-0.15, -0.1) is 0 Å². The van der Waals surface area contributed by atoms with E-state index in [9.17, 15) is 4.79 Å². The van der Waals surface area contributed by atoms with E-state index in [1.54, 1.807) is 0 Å². The number of carbonyl (C=O) groups excluding carboxylic acids is 1. The molecule has 0 aliphatic heterocycles. The Labute approximate surface area is 95.4 Å². The second kappa shape index (κ2) is 9.46. The third-order valence-electron chi connectivity index (χ3n) is 2.24. The molecule has 0 aliphatic rings. The number of alkyl halides is 1. The van der Waals surface area contributed by atoms with E-state index in [1.165, 1.54) is 0 Å². The quantitative estimate of drug-likeness (QED) is 0.534. The maximum absolute atomic E-state index is 10.9. The molecule has 0 unspecified atom stereocenters. The monoisotopic (exact) mass is 264 g/mol. The van der Waals surface area contributed by atoms with E-state index in [0.717, 1.165) is 39.0 Å². The Balaban J connectivity index is 3.24. The van der Waals surface area contributed by atoms with Gasteiger partial charge in [0, 0.05) is 6.54 Å². The Morgan fingerprint density at radius 2 is 1.93 bits per heavy atom. The Bertz CT molecular complexity index is 149. The van der Waals surface area contributed by atoms with Crippen molar-refractivity contribution >= 4 is 21.8 Å². The molecule has 0 rings (SSSR count). The lowest BCUT2D eigenvalue weighted by atomic mass is 10.3. The SMILES string of the molecule is CCN(CC)CCCCNC(=O)CBr. The third-order valence-corrected chi connectivity index (χ3v) is 2.75. The van der Waals surface area contributed by atoms with E-state index in [2.05, 4.69) is 40.0 Å². The van der Waals surface area contributed by atoms with Crippen LogP contribution < -0.4 is 5.32 Å². The molecule has 1 N–H and O–H groups in total. The first-order valence-electron chi connectivity index (χ1n) is 5.29. The molecule has 3 nitrogen and oxygen atoms in total. The number of halogens is 1. The largest absolute Gasteiger partial charge is 0.355 e. The highest BCUT2D eigenvalue weighted by Crippen LogP contribution is 1.93. The van der Waals surface area contributed by atoms with Gasteiger partial charge < -0.3 is 10.2 Å². The zero-order valence-electron chi connectivity index (χ0n) is 9.18. The minimum atomic E-state index is 0.0767. The van der Waals surface area contributed by atoms with Crippen molar-refractivity contribution in [3.63, 3.8) is 0 Å². The normalized spacial score (nSPS) is 10.6. The summed E-state index contributed by atoms with van der Waals surface area (Å²) in [6.45, 7) is 8.52. The molecule has 0 spiro atoms. The van der Waals surface area contributed by atoms with Crippen LogP contribution in [-0.2, 0) is 4.79 Å². The molecule has 0 heterocycles. The average Bonchev–Trinajstić information content (AvgIpc) is 2.23. The first-order chi connectivity index (χ1) is 6.74. The fourth-order valence-corrected chi connectivity index (χ4v) is 1.47. The van der Waals surface area contributed by atoms with Crippen LogP contribution in [0.4, 0.5) is 0 Å². The van der Waals surface area contributed by atoms with Crippen molar-refractivity contribution in [3.8, 4) is 0 Å². The van der Waals surface area contributed by atoms with E-state index in [0.29, 0.717) is 5.33 Å². The summed E-state index contributed by atoms with van der Waals surface area (Å²) >= 11 is 3.11. The molecule has 0 aromatic heterocycles. The average molecular weight is 265 g/mol. The molecule has 0 aliphatic carbocycles. The molecule has 0 atom stereocenters. The molecule has 0 saturated carbocycles. The lowest BCUT2D eigenvalue weighted by Gasteiger charge is -2.17. The van der Waals surface area contributed by atoms with Gasteiger partial charge in [-0.1, -0.05) is 29.8 Å². The summed E-state index contributed by atoms with van der Waals surface area (Å²) in [7, 11) is 0. The molecular formula is C10H21BrN2O. The summed E-state index contributed by atoms with van der Waals surface area (Å²) in [6.07, 6.45) is 2.22. The van der Waals surface area contributed by atoms with Crippen molar-refractivity contribution in [3.05, 3.63) is 0 Å². The number of nitrogens with zero attached hydrogens (tertiary/aromatic N) is 1. The van der Waals surface area contributed by atoms with Gasteiger partial charge in [-0.2, -0.15) is 0 Å². The van der Waals surface area contributed by atoms with Crippen molar-refractivity contribution in [1.29, 1.82) is 0 Å². The molecular weight excluding hydrogens is 244 g/mol. The smallest absolute Gasteiger partial charge is 0.230 e. The van der Waals surface area contributed by atoms with Crippen LogP contribution in [0.15, 0.2) is 0 Å². The van der Waals surface area contributed by atoms with Crippen LogP contribution in [0.2, 0.25) is 0 Å². The van der Waals surface area contributed by atoms with Gasteiger partial charge in [-0.3, -0.25) is 4.79 Å². The number of hydrogen-bond donors (Lipinski definition) is 1. The van der Waals surface area contributed by atoms with Crippen molar-refractivity contribution < 1.29 is 4.79 Å². The molecule has 1 amide bonds. The number of nitrogens with one attached hydrogen (secondary N) is 1. The van der Waals surface area contributed by atoms with Gasteiger partial charge in [-0.05, 0) is 32.5 Å². The first kappa shape index (κ1) is 13.9. The summed E-state index contributed by atoms with van der Waals surface area (Å²) in [5, 5.41) is 3.24. The Hall–Kier alpha value is -0.0900. The van der Waals surface area contributed by atoms with Crippen LogP contribution in [-0.4, -0.2) is 42.3 Å². The molecule has 0 aromatic carbocycles. The fraction of sp³-hybridized carbons (Fsp3) is 0.900. The lowest BCUT2D eigenvalue weighted by molar-refractivity contribution is -0.118. The minimum absolute atomic E-state index is 0.0767. The number of unbranched alkanes of at least 4 members (excludes halogenated alkanes) is 1. The molecule has 84 valence electrons. The second-order valence-electron chi connectivity index (χ2n) is 3.22. The first-order valence-corrected chi connectivity index (χ1v) is 6.41. The van der Waals surface area contributed by atoms with E-state index in [1.807, 2.05) is 0 Å². The zero-order chi connectivity index (χ0) is 10.8. The predicted octanol–water partition coefficient (Wildman–Crippen LogP) is 1.62. The van der Waals surface area contributed by atoms with Crippen LogP contribution in [0, 0.1) is 0 Å². The van der Waals surface area contributed by atoms with Crippen LogP contribution in [0.3, 0.4) is 0 Å². The summed E-state index contributed by atoms with van der Waals surface area (Å²) < 4.78 is 0. The highest BCUT2D eigenvalue weighted by Gasteiger charge is 1.99. The van der Waals surface area contributed by atoms with E-state index in [4.69, 9.17) is 0 Å². The number of rotatable bonds is 8. The van der Waals surface area contributed by atoms with Crippen LogP contribution >= 0.6 is 15.9 Å². The number of carbonyl (C=O) groups is 1. The minimum Gasteiger partial charge on any atom is -0.355 e. The van der Waals surface area contributed by atoms with Crippen LogP contribution in [0.1, 0.15) is 26.7 Å². The van der Waals surface area contributed by atoms with Gasteiger partial charge in [0.2, 0.25) is 5.91 Å². The summed E-state index contributed by atoms with van der Waals surface area (Å²) in [5.74, 6) is 0.0767. The topological polar surface area (TPSA) is 32.3 Å². The van der Waals surface area contributed by atoms with Crippen molar-refractivity contribution in [1.82, 2.24) is 10.2 Å². The van der Waals surface area contributed by atoms with Crippen molar-refractivity contribution in [2.75, 3.05) is 31.5 Å². The lowest BCUT2D eigenvalue weighted by Crippen LogP contribution is -2.27. The van der Waals surface area contributed by atoms with Crippen LogP contribution in [0.5, 0.6) is 0 Å². The maximum atomic E-state index is 10.9. The summed E-state index contributed by atoms with van der Waals surface area (Å²) in [5.41, 5.74) is 0. The van der Waals surface area contributed by atoms with Gasteiger partial charge in [0.1, 0.15) is 0 Å². The molecule has 0 radical (unpaired) electrons. The van der Waals surface area contributed by atoms with Gasteiger partial charge >= 0.3 is 0 Å². The fourth-order valence-electron chi connectivity index (χ4n) is 1.28. The van der Waals surface area contributed by atoms with Crippen molar-refractivity contribution in [2.24, 2.45) is 0 Å². The summed E-state index contributed by atoms with van der Waals surface area (Å²) in [6, 6.07) is 0. The molecule has 14 heavy (non-hydrogen) atoms. The molecule has 0 bridgehead atoms. The Morgan fingerprint density at radius 1 is 1.29 bits per heavy atom. The van der Waals surface area contributed by atoms with E-state index < -0.39 is 0 Å². The van der Waals surface area contributed by atoms with Crippen LogP contribution in [0.25, 0.3) is 0 Å². The highest BCUT2D eigenvalue weighted by atomic mass is 79.9. The van der Waals surface area contributed by atoms with Crippen molar-refractivity contribution in [2.45, 2.75) is 26.7 Å². The van der Waals surface area contributed by atoms with E-state index >= 15 is 0 Å². The molecule has 4 heteroatoms. The zero-order valence-corrected chi connectivity index (χ0v) is 10.8. The Morgan fingerprint density at radius 3 is 2.43 bits per heavy atom. The second-order valence-corrected chi connectivity index (χ2v) is 3.78. The Kier molecular flexibility index (Phi) is 9.40. The molecule has 0 fully saturated rings. The summed E-state index contributed by atoms with van der Waals surface area (Å²) in [4.78, 5) is 13.2.